The Morgan fingerprint density at radius 1 is 0.760 bits per heavy atom. The van der Waals surface area contributed by atoms with E-state index in [1.165, 1.54) is 6.07 Å². The molecule has 0 radical (unpaired) electrons. The van der Waals surface area contributed by atoms with Gasteiger partial charge in [-0.3, -0.25) is 0 Å². The normalized spacial score (nSPS) is 11.1. The van der Waals surface area contributed by atoms with E-state index in [1.807, 2.05) is 30.3 Å². The highest BCUT2D eigenvalue weighted by molar-refractivity contribution is 6.03. The maximum atomic E-state index is 10.0. The van der Waals surface area contributed by atoms with Gasteiger partial charge in [0.2, 0.25) is 0 Å². The summed E-state index contributed by atoms with van der Waals surface area (Å²) in [4.78, 5) is 0. The van der Waals surface area contributed by atoms with Gasteiger partial charge in [-0.15, -0.1) is 0 Å². The van der Waals surface area contributed by atoms with E-state index in [-0.39, 0.29) is 18.1 Å². The zero-order valence-corrected chi connectivity index (χ0v) is 13.3. The van der Waals surface area contributed by atoms with Crippen LogP contribution in [0.25, 0.3) is 33.4 Å². The van der Waals surface area contributed by atoms with Crippen molar-refractivity contribution in [2.24, 2.45) is 0 Å². The van der Waals surface area contributed by atoms with Crippen LogP contribution in [0.3, 0.4) is 0 Å². The Bertz CT molecular complexity index is 1030. The van der Waals surface area contributed by atoms with Crippen LogP contribution in [0.2, 0.25) is 0 Å². The fourth-order valence-electron chi connectivity index (χ4n) is 3.08. The molecule has 0 saturated heterocycles. The number of aliphatic hydroxyl groups is 1. The molecule has 4 heteroatoms. The monoisotopic (exact) mass is 332 g/mol. The topological polar surface area (TPSA) is 73.8 Å². The number of benzene rings is 3. The summed E-state index contributed by atoms with van der Waals surface area (Å²) in [6, 6.07) is 19.6. The summed E-state index contributed by atoms with van der Waals surface area (Å²) in [6.45, 7) is -0.234. The fraction of sp³-hybridized carbons (Fsp3) is 0.0476. The molecule has 3 N–H and O–H groups in total. The molecule has 0 bridgehead atoms. The van der Waals surface area contributed by atoms with Crippen molar-refractivity contribution in [2.45, 2.75) is 6.61 Å². The van der Waals surface area contributed by atoms with E-state index in [9.17, 15) is 15.3 Å². The smallest absolute Gasteiger partial charge is 0.143 e. The largest absolute Gasteiger partial charge is 0.508 e. The minimum atomic E-state index is -0.234. The summed E-state index contributed by atoms with van der Waals surface area (Å²) in [5.74, 6) is 0.878. The molecule has 4 aromatic rings. The molecule has 0 aliphatic rings. The van der Waals surface area contributed by atoms with Crippen molar-refractivity contribution in [1.29, 1.82) is 0 Å². The summed E-state index contributed by atoms with van der Waals surface area (Å²) in [5.41, 5.74) is 3.65. The van der Waals surface area contributed by atoms with Crippen molar-refractivity contribution in [3.8, 4) is 33.9 Å². The first-order chi connectivity index (χ1) is 12.2. The summed E-state index contributed by atoms with van der Waals surface area (Å²) < 4.78 is 6.10. The lowest BCUT2D eigenvalue weighted by atomic mass is 9.97. The quantitative estimate of drug-likeness (QED) is 0.510. The van der Waals surface area contributed by atoms with E-state index < -0.39 is 0 Å². The number of furan rings is 1. The highest BCUT2D eigenvalue weighted by Gasteiger charge is 2.20. The average molecular weight is 332 g/mol. The van der Waals surface area contributed by atoms with Crippen LogP contribution in [0.5, 0.6) is 11.5 Å². The number of aromatic hydroxyl groups is 2. The zero-order valence-electron chi connectivity index (χ0n) is 13.3. The molecule has 3 aromatic carbocycles. The van der Waals surface area contributed by atoms with Crippen LogP contribution in [-0.2, 0) is 6.61 Å². The van der Waals surface area contributed by atoms with Crippen molar-refractivity contribution in [1.82, 2.24) is 0 Å². The Morgan fingerprint density at radius 2 is 1.48 bits per heavy atom. The first-order valence-corrected chi connectivity index (χ1v) is 7.91. The minimum Gasteiger partial charge on any atom is -0.508 e. The molecule has 0 aliphatic carbocycles. The highest BCUT2D eigenvalue weighted by atomic mass is 16.3. The highest BCUT2D eigenvalue weighted by Crippen LogP contribution is 2.43. The number of hydrogen-bond acceptors (Lipinski definition) is 4. The number of phenols is 2. The minimum absolute atomic E-state index is 0.0757. The lowest BCUT2D eigenvalue weighted by molar-refractivity contribution is 0.281. The molecule has 4 nitrogen and oxygen atoms in total. The van der Waals surface area contributed by atoms with Crippen molar-refractivity contribution in [3.63, 3.8) is 0 Å². The van der Waals surface area contributed by atoms with Gasteiger partial charge >= 0.3 is 0 Å². The molecule has 4 rings (SSSR count). The number of rotatable bonds is 3. The second-order valence-electron chi connectivity index (χ2n) is 5.86. The summed E-state index contributed by atoms with van der Waals surface area (Å²) >= 11 is 0. The third kappa shape index (κ3) is 2.62. The Labute approximate surface area is 144 Å². The predicted octanol–water partition coefficient (Wildman–Crippen LogP) is 4.67. The SMILES string of the molecule is OCc1cc(O)cc2c(-c3ccccc3)c(-c3ccc(O)cc3)oc12. The zero-order chi connectivity index (χ0) is 17.4. The van der Waals surface area contributed by atoms with Gasteiger partial charge in [-0.2, -0.15) is 0 Å². The number of hydrogen-bond donors (Lipinski definition) is 3. The van der Waals surface area contributed by atoms with Crippen molar-refractivity contribution in [3.05, 3.63) is 72.3 Å². The van der Waals surface area contributed by atoms with Crippen LogP contribution < -0.4 is 0 Å². The van der Waals surface area contributed by atoms with Crippen LogP contribution in [0, 0.1) is 0 Å². The van der Waals surface area contributed by atoms with Gasteiger partial charge in [0.25, 0.3) is 0 Å². The van der Waals surface area contributed by atoms with Crippen molar-refractivity contribution < 1.29 is 19.7 Å². The van der Waals surface area contributed by atoms with Gasteiger partial charge in [-0.1, -0.05) is 30.3 Å². The Hall–Kier alpha value is -3.24. The van der Waals surface area contributed by atoms with E-state index in [0.29, 0.717) is 16.9 Å². The van der Waals surface area contributed by atoms with Gasteiger partial charge in [0.05, 0.1) is 6.61 Å². The van der Waals surface area contributed by atoms with Crippen LogP contribution in [0.15, 0.2) is 71.1 Å². The average Bonchev–Trinajstić information content (AvgIpc) is 3.01. The molecule has 0 amide bonds. The fourth-order valence-corrected chi connectivity index (χ4v) is 3.08. The first kappa shape index (κ1) is 15.3. The second-order valence-corrected chi connectivity index (χ2v) is 5.86. The predicted molar refractivity (Wildman–Crippen MR) is 96.3 cm³/mol. The summed E-state index contributed by atoms with van der Waals surface area (Å²) in [7, 11) is 0. The van der Waals surface area contributed by atoms with Gasteiger partial charge in [0, 0.05) is 22.1 Å². The van der Waals surface area contributed by atoms with Gasteiger partial charge < -0.3 is 19.7 Å². The third-order valence-corrected chi connectivity index (χ3v) is 4.21. The third-order valence-electron chi connectivity index (χ3n) is 4.21. The van der Waals surface area contributed by atoms with Crippen LogP contribution in [-0.4, -0.2) is 15.3 Å². The van der Waals surface area contributed by atoms with E-state index in [1.54, 1.807) is 30.3 Å². The van der Waals surface area contributed by atoms with E-state index in [4.69, 9.17) is 4.42 Å². The van der Waals surface area contributed by atoms with Gasteiger partial charge in [-0.25, -0.2) is 0 Å². The van der Waals surface area contributed by atoms with Crippen LogP contribution >= 0.6 is 0 Å². The molecule has 0 atom stereocenters. The molecule has 0 fully saturated rings. The Balaban J connectivity index is 2.09. The number of aliphatic hydroxyl groups excluding tert-OH is 1. The van der Waals surface area contributed by atoms with Crippen LogP contribution in [0.1, 0.15) is 5.56 Å². The Morgan fingerprint density at radius 3 is 2.16 bits per heavy atom. The van der Waals surface area contributed by atoms with Gasteiger partial charge in [0.1, 0.15) is 22.8 Å². The summed E-state index contributed by atoms with van der Waals surface area (Å²) in [5, 5.41) is 30.0. The van der Waals surface area contributed by atoms with E-state index in [0.717, 1.165) is 22.1 Å². The molecule has 124 valence electrons. The molecule has 0 aliphatic heterocycles. The van der Waals surface area contributed by atoms with E-state index >= 15 is 0 Å². The molecular formula is C21H16O4. The lowest BCUT2D eigenvalue weighted by Gasteiger charge is -2.04. The van der Waals surface area contributed by atoms with Crippen LogP contribution in [0.4, 0.5) is 0 Å². The number of phenolic OH excluding ortho intramolecular Hbond substituents is 2. The lowest BCUT2D eigenvalue weighted by Crippen LogP contribution is -1.84. The van der Waals surface area contributed by atoms with Crippen molar-refractivity contribution >= 4 is 11.0 Å². The summed E-state index contributed by atoms with van der Waals surface area (Å²) in [6.07, 6.45) is 0. The second kappa shape index (κ2) is 6.00. The van der Waals surface area contributed by atoms with E-state index in [2.05, 4.69) is 0 Å². The molecular weight excluding hydrogens is 316 g/mol. The molecule has 1 heterocycles. The molecule has 0 saturated carbocycles. The van der Waals surface area contributed by atoms with Crippen molar-refractivity contribution in [2.75, 3.05) is 0 Å². The maximum absolute atomic E-state index is 10.0. The van der Waals surface area contributed by atoms with Gasteiger partial charge in [-0.05, 0) is 42.0 Å². The molecule has 25 heavy (non-hydrogen) atoms. The first-order valence-electron chi connectivity index (χ1n) is 7.91. The Kier molecular flexibility index (Phi) is 3.67. The molecule has 1 aromatic heterocycles. The molecule has 0 unspecified atom stereocenters. The standard InChI is InChI=1S/C21H16O4/c22-12-15-10-17(24)11-18-19(13-4-2-1-3-5-13)21(25-20(15)18)14-6-8-16(23)9-7-14/h1-11,22-24H,12H2. The molecule has 0 spiro atoms. The number of fused-ring (bicyclic) bond motifs is 1. The maximum Gasteiger partial charge on any atom is 0.143 e. The van der Waals surface area contributed by atoms with Gasteiger partial charge in [0.15, 0.2) is 0 Å².